The van der Waals surface area contributed by atoms with Gasteiger partial charge in [0.1, 0.15) is 11.6 Å². The minimum atomic E-state index is -4.74. The molecule has 0 heterocycles. The molecule has 2 atom stereocenters. The fourth-order valence-electron chi connectivity index (χ4n) is 1.85. The number of amides is 2. The van der Waals surface area contributed by atoms with Crippen molar-refractivity contribution in [1.29, 1.82) is 0 Å². The minimum absolute atomic E-state index is 0.114. The second-order valence-corrected chi connectivity index (χ2v) is 5.05. The summed E-state index contributed by atoms with van der Waals surface area (Å²) < 4.78 is 63.1. The molecule has 4 nitrogen and oxygen atoms in total. The predicted molar refractivity (Wildman–Crippen MR) is 72.7 cm³/mol. The number of carbonyl (C=O) groups is 1. The lowest BCUT2D eigenvalue weighted by atomic mass is 10.1. The summed E-state index contributed by atoms with van der Waals surface area (Å²) in [6.45, 7) is 1.10. The van der Waals surface area contributed by atoms with E-state index in [2.05, 4.69) is 10.6 Å². The third-order valence-electron chi connectivity index (χ3n) is 3.03. The maximum absolute atomic E-state index is 13.4. The Balaban J connectivity index is 2.40. The van der Waals surface area contributed by atoms with Crippen molar-refractivity contribution in [3.8, 4) is 0 Å². The number of aliphatic hydroxyl groups is 1. The first kappa shape index (κ1) is 19.1. The fraction of sp³-hybridized carbons (Fsp3) is 0.500. The summed E-state index contributed by atoms with van der Waals surface area (Å²) in [6, 6.07) is 1.95. The highest BCUT2D eigenvalue weighted by molar-refractivity contribution is 5.74. The average molecular weight is 340 g/mol. The topological polar surface area (TPSA) is 61.4 Å². The third kappa shape index (κ3) is 6.39. The summed E-state index contributed by atoms with van der Waals surface area (Å²) in [5, 5.41) is 13.2. The SMILES string of the molecule is C[C@H](Cc1c(F)cccc1F)NC(=O)NCC[C@H](O)C(F)(F)F. The molecular weight excluding hydrogens is 323 g/mol. The number of hydrogen-bond donors (Lipinski definition) is 3. The Morgan fingerprint density at radius 1 is 1.26 bits per heavy atom. The van der Waals surface area contributed by atoms with E-state index in [1.165, 1.54) is 13.0 Å². The van der Waals surface area contributed by atoms with Gasteiger partial charge in [0.25, 0.3) is 0 Å². The van der Waals surface area contributed by atoms with Crippen molar-refractivity contribution in [2.75, 3.05) is 6.54 Å². The Labute approximate surface area is 129 Å². The monoisotopic (exact) mass is 340 g/mol. The Hall–Kier alpha value is -1.90. The van der Waals surface area contributed by atoms with E-state index in [9.17, 15) is 26.7 Å². The van der Waals surface area contributed by atoms with Crippen LogP contribution in [0, 0.1) is 11.6 Å². The first-order valence-electron chi connectivity index (χ1n) is 6.83. The number of hydrogen-bond acceptors (Lipinski definition) is 2. The second-order valence-electron chi connectivity index (χ2n) is 5.05. The molecule has 0 aliphatic rings. The van der Waals surface area contributed by atoms with Gasteiger partial charge in [-0.25, -0.2) is 13.6 Å². The van der Waals surface area contributed by atoms with E-state index in [1.807, 2.05) is 0 Å². The van der Waals surface area contributed by atoms with Crippen LogP contribution in [0.3, 0.4) is 0 Å². The average Bonchev–Trinajstić information content (AvgIpc) is 2.41. The van der Waals surface area contributed by atoms with E-state index >= 15 is 0 Å². The molecule has 1 aromatic carbocycles. The Kier molecular flexibility index (Phi) is 6.74. The summed E-state index contributed by atoms with van der Waals surface area (Å²) in [5.74, 6) is -1.49. The highest BCUT2D eigenvalue weighted by Gasteiger charge is 2.37. The number of aliphatic hydroxyl groups excluding tert-OH is 1. The van der Waals surface area contributed by atoms with Crippen LogP contribution in [-0.2, 0) is 6.42 Å². The van der Waals surface area contributed by atoms with Crippen molar-refractivity contribution < 1.29 is 31.9 Å². The van der Waals surface area contributed by atoms with Gasteiger partial charge in [0.05, 0.1) is 0 Å². The molecule has 3 N–H and O–H groups in total. The molecule has 0 spiro atoms. The number of urea groups is 1. The van der Waals surface area contributed by atoms with Gasteiger partial charge in [0, 0.05) is 18.2 Å². The highest BCUT2D eigenvalue weighted by Crippen LogP contribution is 2.21. The molecule has 0 aromatic heterocycles. The van der Waals surface area contributed by atoms with Gasteiger partial charge >= 0.3 is 12.2 Å². The number of rotatable bonds is 6. The molecule has 1 rings (SSSR count). The second kappa shape index (κ2) is 8.09. The highest BCUT2D eigenvalue weighted by atomic mass is 19.4. The molecule has 0 aliphatic carbocycles. The molecule has 23 heavy (non-hydrogen) atoms. The van der Waals surface area contributed by atoms with E-state index in [-0.39, 0.29) is 12.0 Å². The molecule has 130 valence electrons. The molecule has 0 unspecified atom stereocenters. The molecule has 9 heteroatoms. The molecule has 0 bridgehead atoms. The van der Waals surface area contributed by atoms with E-state index in [0.29, 0.717) is 0 Å². The first-order chi connectivity index (χ1) is 10.6. The normalized spacial score (nSPS) is 14.2. The molecule has 0 aliphatic heterocycles. The molecule has 0 radical (unpaired) electrons. The molecular formula is C14H17F5N2O2. The van der Waals surface area contributed by atoms with Crippen LogP contribution in [-0.4, -0.2) is 36.0 Å². The molecule has 1 aromatic rings. The van der Waals surface area contributed by atoms with E-state index in [1.54, 1.807) is 0 Å². The lowest BCUT2D eigenvalue weighted by Crippen LogP contribution is -2.43. The maximum Gasteiger partial charge on any atom is 0.414 e. The van der Waals surface area contributed by atoms with Crippen molar-refractivity contribution in [3.05, 3.63) is 35.4 Å². The Bertz CT molecular complexity index is 516. The van der Waals surface area contributed by atoms with Gasteiger partial charge in [-0.05, 0) is 31.9 Å². The number of nitrogens with one attached hydrogen (secondary N) is 2. The summed E-state index contributed by atoms with van der Waals surface area (Å²) in [6.07, 6.45) is -8.06. The van der Waals surface area contributed by atoms with Gasteiger partial charge < -0.3 is 15.7 Å². The van der Waals surface area contributed by atoms with E-state index in [4.69, 9.17) is 5.11 Å². The van der Waals surface area contributed by atoms with Crippen LogP contribution < -0.4 is 10.6 Å². The van der Waals surface area contributed by atoms with Gasteiger partial charge in [-0.2, -0.15) is 13.2 Å². The zero-order valence-electron chi connectivity index (χ0n) is 12.3. The lowest BCUT2D eigenvalue weighted by molar-refractivity contribution is -0.204. The van der Waals surface area contributed by atoms with Crippen molar-refractivity contribution in [1.82, 2.24) is 10.6 Å². The maximum atomic E-state index is 13.4. The van der Waals surface area contributed by atoms with Crippen molar-refractivity contribution in [2.45, 2.75) is 38.1 Å². The number of alkyl halides is 3. The Morgan fingerprint density at radius 3 is 2.35 bits per heavy atom. The van der Waals surface area contributed by atoms with Gasteiger partial charge in [0.15, 0.2) is 6.10 Å². The van der Waals surface area contributed by atoms with Crippen LogP contribution in [0.25, 0.3) is 0 Å². The number of benzene rings is 1. The van der Waals surface area contributed by atoms with E-state index < -0.39 is 49.0 Å². The summed E-state index contributed by atoms with van der Waals surface area (Å²) in [5.41, 5.74) is -0.187. The molecule has 0 saturated carbocycles. The first-order valence-corrected chi connectivity index (χ1v) is 6.83. The fourth-order valence-corrected chi connectivity index (χ4v) is 1.85. The van der Waals surface area contributed by atoms with Gasteiger partial charge in [0.2, 0.25) is 0 Å². The van der Waals surface area contributed by atoms with Gasteiger partial charge in [-0.1, -0.05) is 6.07 Å². The lowest BCUT2D eigenvalue weighted by Gasteiger charge is -2.17. The molecule has 2 amide bonds. The van der Waals surface area contributed by atoms with Crippen LogP contribution >= 0.6 is 0 Å². The Morgan fingerprint density at radius 2 is 1.83 bits per heavy atom. The van der Waals surface area contributed by atoms with E-state index in [0.717, 1.165) is 12.1 Å². The zero-order chi connectivity index (χ0) is 17.6. The van der Waals surface area contributed by atoms with Crippen molar-refractivity contribution in [3.63, 3.8) is 0 Å². The third-order valence-corrected chi connectivity index (χ3v) is 3.03. The standard InChI is InChI=1S/C14H17F5N2O2/c1-8(7-9-10(15)3-2-4-11(9)16)21-13(23)20-6-5-12(22)14(17,18)19/h2-4,8,12,22H,5-7H2,1H3,(H2,20,21,23)/t8-,12+/m1/s1. The summed E-state index contributed by atoms with van der Waals surface area (Å²) in [4.78, 5) is 11.5. The summed E-state index contributed by atoms with van der Waals surface area (Å²) >= 11 is 0. The quantitative estimate of drug-likeness (QED) is 0.697. The predicted octanol–water partition coefficient (Wildman–Crippen LogP) is 2.51. The van der Waals surface area contributed by atoms with Crippen LogP contribution in [0.1, 0.15) is 18.9 Å². The van der Waals surface area contributed by atoms with Gasteiger partial charge in [-0.15, -0.1) is 0 Å². The van der Waals surface area contributed by atoms with Crippen LogP contribution in [0.5, 0.6) is 0 Å². The van der Waals surface area contributed by atoms with Crippen LogP contribution in [0.15, 0.2) is 18.2 Å². The van der Waals surface area contributed by atoms with Crippen molar-refractivity contribution in [2.24, 2.45) is 0 Å². The van der Waals surface area contributed by atoms with Crippen LogP contribution in [0.4, 0.5) is 26.7 Å². The van der Waals surface area contributed by atoms with Crippen molar-refractivity contribution >= 4 is 6.03 Å². The minimum Gasteiger partial charge on any atom is -0.384 e. The smallest absolute Gasteiger partial charge is 0.384 e. The van der Waals surface area contributed by atoms with Gasteiger partial charge in [-0.3, -0.25) is 0 Å². The number of carbonyl (C=O) groups excluding carboxylic acids is 1. The molecule has 0 saturated heterocycles. The summed E-state index contributed by atoms with van der Waals surface area (Å²) in [7, 11) is 0. The number of halogens is 5. The zero-order valence-corrected chi connectivity index (χ0v) is 12.3. The van der Waals surface area contributed by atoms with Crippen LogP contribution in [0.2, 0.25) is 0 Å². The largest absolute Gasteiger partial charge is 0.414 e. The molecule has 0 fully saturated rings.